The van der Waals surface area contributed by atoms with Crippen molar-refractivity contribution in [3.8, 4) is 5.75 Å². The highest BCUT2D eigenvalue weighted by Crippen LogP contribution is 2.12. The van der Waals surface area contributed by atoms with E-state index in [-0.39, 0.29) is 18.6 Å². The Morgan fingerprint density at radius 1 is 0.811 bits per heavy atom. The summed E-state index contributed by atoms with van der Waals surface area (Å²) >= 11 is 0. The molecule has 4 unspecified atom stereocenters. The van der Waals surface area contributed by atoms with Crippen LogP contribution >= 0.6 is 0 Å². The molecule has 3 amide bonds. The number of carbonyl (C=O) groups is 5. The Hall–Kier alpha value is -3.75. The number of hydrogen-bond donors (Lipinski definition) is 9. The Balaban J connectivity index is 3.09. The zero-order chi connectivity index (χ0) is 28.0. The summed E-state index contributed by atoms with van der Waals surface area (Å²) in [5, 5.41) is 43.9. The number of unbranched alkanes of at least 4 members (excludes halogenated alkanes) is 1. The van der Waals surface area contributed by atoms with E-state index >= 15 is 0 Å². The third kappa shape index (κ3) is 11.7. The van der Waals surface area contributed by atoms with E-state index in [4.69, 9.17) is 21.7 Å². The maximum absolute atomic E-state index is 13.1. The number of nitrogens with one attached hydrogen (secondary N) is 3. The van der Waals surface area contributed by atoms with Crippen LogP contribution in [0.5, 0.6) is 5.75 Å². The van der Waals surface area contributed by atoms with E-state index in [9.17, 15) is 34.2 Å². The van der Waals surface area contributed by atoms with Gasteiger partial charge in [0.05, 0.1) is 12.6 Å². The van der Waals surface area contributed by atoms with Crippen LogP contribution in [0.1, 0.15) is 37.7 Å². The molecule has 0 aliphatic heterocycles. The minimum absolute atomic E-state index is 0.0424. The second kappa shape index (κ2) is 16.1. The summed E-state index contributed by atoms with van der Waals surface area (Å²) < 4.78 is 0. The minimum atomic E-state index is -1.64. The van der Waals surface area contributed by atoms with Crippen molar-refractivity contribution < 1.29 is 44.4 Å². The van der Waals surface area contributed by atoms with Gasteiger partial charge in [0.1, 0.15) is 23.9 Å². The zero-order valence-corrected chi connectivity index (χ0v) is 20.3. The van der Waals surface area contributed by atoms with Crippen molar-refractivity contribution in [2.24, 2.45) is 11.5 Å². The first-order valence-electron chi connectivity index (χ1n) is 11.7. The molecule has 0 aliphatic rings. The van der Waals surface area contributed by atoms with Crippen LogP contribution in [0.2, 0.25) is 0 Å². The van der Waals surface area contributed by atoms with Crippen molar-refractivity contribution in [1.29, 1.82) is 0 Å². The first-order valence-corrected chi connectivity index (χ1v) is 11.7. The smallest absolute Gasteiger partial charge is 0.328 e. The molecule has 0 aliphatic carbocycles. The van der Waals surface area contributed by atoms with E-state index in [1.807, 2.05) is 0 Å². The molecule has 206 valence electrons. The van der Waals surface area contributed by atoms with Crippen LogP contribution in [0.15, 0.2) is 24.3 Å². The number of hydrogen-bond acceptors (Lipinski definition) is 9. The topological polar surface area (TPSA) is 254 Å². The van der Waals surface area contributed by atoms with Gasteiger partial charge in [-0.1, -0.05) is 18.6 Å². The van der Waals surface area contributed by atoms with Crippen molar-refractivity contribution in [3.63, 3.8) is 0 Å². The van der Waals surface area contributed by atoms with Crippen LogP contribution in [0.4, 0.5) is 0 Å². The second-order valence-electron chi connectivity index (χ2n) is 8.40. The van der Waals surface area contributed by atoms with Gasteiger partial charge in [-0.2, -0.15) is 0 Å². The normalized spacial score (nSPS) is 14.0. The first kappa shape index (κ1) is 31.3. The van der Waals surface area contributed by atoms with Crippen molar-refractivity contribution in [2.75, 3.05) is 13.2 Å². The van der Waals surface area contributed by atoms with E-state index in [1.165, 1.54) is 24.3 Å². The molecule has 1 aromatic carbocycles. The molecular weight excluding hydrogens is 490 g/mol. The lowest BCUT2D eigenvalue weighted by Gasteiger charge is -2.25. The van der Waals surface area contributed by atoms with Gasteiger partial charge in [0, 0.05) is 12.8 Å². The summed E-state index contributed by atoms with van der Waals surface area (Å²) in [6.45, 7) is -0.484. The van der Waals surface area contributed by atoms with Crippen LogP contribution in [0.25, 0.3) is 0 Å². The molecule has 0 saturated heterocycles. The van der Waals surface area contributed by atoms with Crippen molar-refractivity contribution in [2.45, 2.75) is 62.7 Å². The Morgan fingerprint density at radius 2 is 1.38 bits per heavy atom. The molecular formula is C23H35N5O9. The summed E-state index contributed by atoms with van der Waals surface area (Å²) in [4.78, 5) is 60.7. The molecule has 0 aromatic heterocycles. The van der Waals surface area contributed by atoms with Crippen LogP contribution in [0.3, 0.4) is 0 Å². The molecule has 0 radical (unpaired) electrons. The Labute approximate surface area is 213 Å². The number of aliphatic carboxylic acids is 2. The molecule has 14 nitrogen and oxygen atoms in total. The van der Waals surface area contributed by atoms with E-state index in [0.717, 1.165) is 0 Å². The SMILES string of the molecule is NCCCCC(N)C(=O)NC(CCC(=O)O)C(=O)NC(Cc1ccc(O)cc1)C(=O)NC(CO)C(=O)O. The lowest BCUT2D eigenvalue weighted by atomic mass is 10.0. The number of rotatable bonds is 17. The van der Waals surface area contributed by atoms with Crippen molar-refractivity contribution in [3.05, 3.63) is 29.8 Å². The molecule has 11 N–H and O–H groups in total. The molecule has 1 rings (SSSR count). The number of carboxylic acids is 2. The number of benzene rings is 1. The summed E-state index contributed by atoms with van der Waals surface area (Å²) in [6.07, 6.45) is 0.587. The number of amides is 3. The van der Waals surface area contributed by atoms with Crippen LogP contribution in [-0.4, -0.2) is 87.4 Å². The van der Waals surface area contributed by atoms with Gasteiger partial charge in [-0.25, -0.2) is 4.79 Å². The molecule has 1 aromatic rings. The van der Waals surface area contributed by atoms with Gasteiger partial charge in [-0.05, 0) is 43.5 Å². The molecule has 4 atom stereocenters. The second-order valence-corrected chi connectivity index (χ2v) is 8.40. The van der Waals surface area contributed by atoms with Crippen molar-refractivity contribution >= 4 is 29.7 Å². The van der Waals surface area contributed by atoms with Gasteiger partial charge in [0.15, 0.2) is 0 Å². The number of phenols is 1. The highest BCUT2D eigenvalue weighted by molar-refractivity contribution is 5.94. The first-order chi connectivity index (χ1) is 17.5. The molecule has 0 heterocycles. The van der Waals surface area contributed by atoms with Crippen LogP contribution < -0.4 is 27.4 Å². The van der Waals surface area contributed by atoms with Crippen molar-refractivity contribution in [1.82, 2.24) is 16.0 Å². The summed E-state index contributed by atoms with van der Waals surface area (Å²) in [5.74, 6) is -5.28. The molecule has 37 heavy (non-hydrogen) atoms. The fourth-order valence-corrected chi connectivity index (χ4v) is 3.26. The predicted molar refractivity (Wildman–Crippen MR) is 130 cm³/mol. The molecule has 0 spiro atoms. The maximum atomic E-state index is 13.1. The monoisotopic (exact) mass is 525 g/mol. The average Bonchev–Trinajstić information content (AvgIpc) is 2.85. The zero-order valence-electron chi connectivity index (χ0n) is 20.3. The van der Waals surface area contributed by atoms with Gasteiger partial charge < -0.3 is 47.8 Å². The van der Waals surface area contributed by atoms with Gasteiger partial charge in [-0.15, -0.1) is 0 Å². The lowest BCUT2D eigenvalue weighted by Crippen LogP contribution is -2.58. The number of phenolic OH excluding ortho intramolecular Hbond substituents is 1. The third-order valence-electron chi connectivity index (χ3n) is 5.39. The van der Waals surface area contributed by atoms with Gasteiger partial charge in [0.2, 0.25) is 17.7 Å². The Morgan fingerprint density at radius 3 is 1.92 bits per heavy atom. The highest BCUT2D eigenvalue weighted by atomic mass is 16.4. The van der Waals surface area contributed by atoms with Gasteiger partial charge >= 0.3 is 11.9 Å². The average molecular weight is 526 g/mol. The van der Waals surface area contributed by atoms with E-state index in [1.54, 1.807) is 0 Å². The Kier molecular flexibility index (Phi) is 13.6. The van der Waals surface area contributed by atoms with Crippen LogP contribution in [-0.2, 0) is 30.4 Å². The standard InChI is InChI=1S/C23H35N5O9/c24-10-2-1-3-15(25)20(33)26-16(8-9-19(31)32)21(34)27-17(11-13-4-6-14(30)7-5-13)22(35)28-18(12-29)23(36)37/h4-7,15-18,29-30H,1-3,8-12,24-25H2,(H,26,33)(H,27,34)(H,28,35)(H,31,32)(H,36,37). The highest BCUT2D eigenvalue weighted by Gasteiger charge is 2.30. The van der Waals surface area contributed by atoms with E-state index in [0.29, 0.717) is 31.4 Å². The quantitative estimate of drug-likeness (QED) is 0.0985. The predicted octanol–water partition coefficient (Wildman–Crippen LogP) is -2.21. The molecule has 0 saturated carbocycles. The van der Waals surface area contributed by atoms with E-state index in [2.05, 4.69) is 16.0 Å². The summed E-state index contributed by atoms with van der Waals surface area (Å²) in [5.41, 5.74) is 11.8. The number of nitrogens with two attached hydrogens (primary N) is 2. The van der Waals surface area contributed by atoms with Crippen LogP contribution in [0, 0.1) is 0 Å². The fraction of sp³-hybridized carbons (Fsp3) is 0.522. The lowest BCUT2D eigenvalue weighted by molar-refractivity contribution is -0.143. The number of carboxylic acid groups (broad SMARTS) is 2. The number of aliphatic hydroxyl groups is 1. The fourth-order valence-electron chi connectivity index (χ4n) is 3.26. The summed E-state index contributed by atoms with van der Waals surface area (Å²) in [7, 11) is 0. The Bertz CT molecular complexity index is 926. The van der Waals surface area contributed by atoms with Gasteiger partial charge in [0.25, 0.3) is 0 Å². The number of aromatic hydroxyl groups is 1. The minimum Gasteiger partial charge on any atom is -0.508 e. The molecule has 0 bridgehead atoms. The molecule has 0 fully saturated rings. The maximum Gasteiger partial charge on any atom is 0.328 e. The molecule has 14 heteroatoms. The largest absolute Gasteiger partial charge is 0.508 e. The summed E-state index contributed by atoms with van der Waals surface area (Å²) in [6, 6.07) is 0.327. The number of aliphatic hydroxyl groups excluding tert-OH is 1. The van der Waals surface area contributed by atoms with E-state index < -0.39 is 66.9 Å². The van der Waals surface area contributed by atoms with Gasteiger partial charge in [-0.3, -0.25) is 19.2 Å². The third-order valence-corrected chi connectivity index (χ3v) is 5.39. The number of carbonyl (C=O) groups excluding carboxylic acids is 3.